The van der Waals surface area contributed by atoms with E-state index in [1.165, 1.54) is 6.92 Å². The van der Waals surface area contributed by atoms with E-state index in [1.54, 1.807) is 4.90 Å². The van der Waals surface area contributed by atoms with E-state index in [0.29, 0.717) is 0 Å². The van der Waals surface area contributed by atoms with E-state index in [0.717, 1.165) is 35.3 Å². The Morgan fingerprint density at radius 1 is 0.905 bits per heavy atom. The van der Waals surface area contributed by atoms with Crippen molar-refractivity contribution in [2.24, 2.45) is 0 Å². The molecule has 0 fully saturated rings. The van der Waals surface area contributed by atoms with Crippen LogP contribution in [0.5, 0.6) is 0 Å². The normalized spacial score (nSPS) is 12.9. The van der Waals surface area contributed by atoms with Crippen LogP contribution in [0.1, 0.15) is 18.1 Å². The number of amides is 3. The molecule has 0 bridgehead atoms. The molecule has 2 aromatic rings. The number of para-hydroxylation sites is 2. The highest BCUT2D eigenvalue weighted by Crippen LogP contribution is 2.35. The third kappa shape index (κ3) is 2.52. The Bertz CT molecular complexity index is 662. The molecule has 0 aliphatic carbocycles. The van der Waals surface area contributed by atoms with Crippen molar-refractivity contribution in [1.82, 2.24) is 5.32 Å². The number of hydrogen-bond acceptors (Lipinski definition) is 2. The second-order valence-electron chi connectivity index (χ2n) is 5.08. The lowest BCUT2D eigenvalue weighted by molar-refractivity contribution is -0.117. The first-order valence-corrected chi connectivity index (χ1v) is 6.94. The number of hydrogen-bond donors (Lipinski definition) is 1. The molecule has 4 heteroatoms. The molecular formula is C17H16N2O2. The molecule has 1 aliphatic rings. The van der Waals surface area contributed by atoms with Crippen LogP contribution in [-0.2, 0) is 17.6 Å². The topological polar surface area (TPSA) is 49.4 Å². The minimum absolute atomic E-state index is 0.362. The Labute approximate surface area is 123 Å². The van der Waals surface area contributed by atoms with E-state index >= 15 is 0 Å². The lowest BCUT2D eigenvalue weighted by atomic mass is 10.0. The molecule has 4 nitrogen and oxygen atoms in total. The summed E-state index contributed by atoms with van der Waals surface area (Å²) in [6.07, 6.45) is 1.74. The molecule has 3 rings (SSSR count). The van der Waals surface area contributed by atoms with E-state index < -0.39 is 6.03 Å². The second kappa shape index (κ2) is 5.40. The largest absolute Gasteiger partial charge is 0.333 e. The number of rotatable bonds is 0. The van der Waals surface area contributed by atoms with E-state index in [-0.39, 0.29) is 5.91 Å². The van der Waals surface area contributed by atoms with Gasteiger partial charge in [0.15, 0.2) is 0 Å². The van der Waals surface area contributed by atoms with Gasteiger partial charge in [0, 0.05) is 6.92 Å². The number of aryl methyl sites for hydroxylation is 2. The maximum Gasteiger partial charge on any atom is 0.333 e. The molecule has 0 radical (unpaired) electrons. The van der Waals surface area contributed by atoms with Gasteiger partial charge in [-0.05, 0) is 36.1 Å². The summed E-state index contributed by atoms with van der Waals surface area (Å²) in [4.78, 5) is 25.3. The molecule has 1 heterocycles. The summed E-state index contributed by atoms with van der Waals surface area (Å²) in [5.41, 5.74) is 3.88. The molecule has 1 N–H and O–H groups in total. The van der Waals surface area contributed by atoms with Gasteiger partial charge in [0.1, 0.15) is 0 Å². The van der Waals surface area contributed by atoms with Crippen molar-refractivity contribution in [1.29, 1.82) is 0 Å². The maximum atomic E-state index is 12.5. The first kappa shape index (κ1) is 13.4. The smallest absolute Gasteiger partial charge is 0.278 e. The number of fused-ring (bicyclic) bond motifs is 2. The number of imide groups is 1. The van der Waals surface area contributed by atoms with Crippen LogP contribution in [0.2, 0.25) is 0 Å². The van der Waals surface area contributed by atoms with Gasteiger partial charge in [-0.3, -0.25) is 15.0 Å². The number of benzene rings is 2. The van der Waals surface area contributed by atoms with Crippen LogP contribution >= 0.6 is 0 Å². The standard InChI is InChI=1S/C17H16N2O2/c1-12(20)18-17(21)19-15-8-4-2-6-13(15)10-11-14-7-3-5-9-16(14)19/h2-9H,10-11H2,1H3,(H,18,20,21). The van der Waals surface area contributed by atoms with E-state index in [2.05, 4.69) is 5.32 Å². The molecule has 2 aromatic carbocycles. The Hall–Kier alpha value is -2.62. The summed E-state index contributed by atoms with van der Waals surface area (Å²) in [5.74, 6) is -0.362. The predicted octanol–water partition coefficient (Wildman–Crippen LogP) is 3.18. The highest BCUT2D eigenvalue weighted by atomic mass is 16.2. The van der Waals surface area contributed by atoms with Crippen LogP contribution in [0.3, 0.4) is 0 Å². The van der Waals surface area contributed by atoms with Crippen molar-refractivity contribution in [3.8, 4) is 0 Å². The predicted molar refractivity (Wildman–Crippen MR) is 81.6 cm³/mol. The van der Waals surface area contributed by atoms with Gasteiger partial charge in [0.05, 0.1) is 11.4 Å². The summed E-state index contributed by atoms with van der Waals surface area (Å²) < 4.78 is 0. The third-order valence-corrected chi connectivity index (χ3v) is 3.61. The summed E-state index contributed by atoms with van der Waals surface area (Å²) in [7, 11) is 0. The second-order valence-corrected chi connectivity index (χ2v) is 5.08. The van der Waals surface area contributed by atoms with Crippen LogP contribution in [0.25, 0.3) is 0 Å². The molecule has 0 saturated heterocycles. The highest BCUT2D eigenvalue weighted by molar-refractivity contribution is 6.07. The highest BCUT2D eigenvalue weighted by Gasteiger charge is 2.25. The average Bonchev–Trinajstić information content (AvgIpc) is 2.63. The van der Waals surface area contributed by atoms with Crippen LogP contribution in [0, 0.1) is 0 Å². The minimum atomic E-state index is -0.413. The van der Waals surface area contributed by atoms with E-state index in [9.17, 15) is 9.59 Å². The van der Waals surface area contributed by atoms with Crippen LogP contribution in [-0.4, -0.2) is 11.9 Å². The lowest BCUT2D eigenvalue weighted by Gasteiger charge is -2.24. The lowest BCUT2D eigenvalue weighted by Crippen LogP contribution is -2.39. The molecular weight excluding hydrogens is 264 g/mol. The summed E-state index contributed by atoms with van der Waals surface area (Å²) >= 11 is 0. The van der Waals surface area contributed by atoms with Gasteiger partial charge in [-0.25, -0.2) is 4.79 Å². The quantitative estimate of drug-likeness (QED) is 0.805. The SMILES string of the molecule is CC(=O)NC(=O)N1c2ccccc2CCc2ccccc21. The third-order valence-electron chi connectivity index (χ3n) is 3.61. The zero-order chi connectivity index (χ0) is 14.8. The minimum Gasteiger partial charge on any atom is -0.278 e. The number of anilines is 2. The summed E-state index contributed by atoms with van der Waals surface area (Å²) in [5, 5.41) is 2.37. The molecule has 106 valence electrons. The molecule has 0 unspecified atom stereocenters. The number of nitrogens with zero attached hydrogens (tertiary/aromatic N) is 1. The van der Waals surface area contributed by atoms with Crippen molar-refractivity contribution < 1.29 is 9.59 Å². The molecule has 0 atom stereocenters. The molecule has 0 saturated carbocycles. The molecule has 0 spiro atoms. The van der Waals surface area contributed by atoms with Crippen molar-refractivity contribution in [3.05, 3.63) is 59.7 Å². The van der Waals surface area contributed by atoms with Gasteiger partial charge < -0.3 is 0 Å². The van der Waals surface area contributed by atoms with Crippen molar-refractivity contribution >= 4 is 23.3 Å². The van der Waals surface area contributed by atoms with Gasteiger partial charge in [0.2, 0.25) is 5.91 Å². The first-order valence-electron chi connectivity index (χ1n) is 6.94. The van der Waals surface area contributed by atoms with Gasteiger partial charge in [-0.1, -0.05) is 36.4 Å². The van der Waals surface area contributed by atoms with Crippen LogP contribution < -0.4 is 10.2 Å². The first-order chi connectivity index (χ1) is 10.2. The zero-order valence-corrected chi connectivity index (χ0v) is 11.8. The summed E-state index contributed by atoms with van der Waals surface area (Å²) in [6.45, 7) is 1.34. The van der Waals surface area contributed by atoms with E-state index in [1.807, 2.05) is 48.5 Å². The van der Waals surface area contributed by atoms with E-state index in [4.69, 9.17) is 0 Å². The summed E-state index contributed by atoms with van der Waals surface area (Å²) in [6, 6.07) is 15.2. The Morgan fingerprint density at radius 2 is 1.38 bits per heavy atom. The zero-order valence-electron chi connectivity index (χ0n) is 11.8. The Balaban J connectivity index is 2.15. The fourth-order valence-electron chi connectivity index (χ4n) is 2.71. The number of carbonyl (C=O) groups is 2. The monoisotopic (exact) mass is 280 g/mol. The van der Waals surface area contributed by atoms with Gasteiger partial charge in [0.25, 0.3) is 0 Å². The molecule has 21 heavy (non-hydrogen) atoms. The van der Waals surface area contributed by atoms with Gasteiger partial charge >= 0.3 is 6.03 Å². The average molecular weight is 280 g/mol. The van der Waals surface area contributed by atoms with Crippen molar-refractivity contribution in [2.45, 2.75) is 19.8 Å². The number of nitrogens with one attached hydrogen (secondary N) is 1. The number of carbonyl (C=O) groups excluding carboxylic acids is 2. The fraction of sp³-hybridized carbons (Fsp3) is 0.176. The molecule has 3 amide bonds. The van der Waals surface area contributed by atoms with Crippen LogP contribution in [0.4, 0.5) is 16.2 Å². The van der Waals surface area contributed by atoms with Crippen molar-refractivity contribution in [3.63, 3.8) is 0 Å². The van der Waals surface area contributed by atoms with Gasteiger partial charge in [-0.2, -0.15) is 0 Å². The Kier molecular flexibility index (Phi) is 3.44. The molecule has 0 aromatic heterocycles. The van der Waals surface area contributed by atoms with Crippen molar-refractivity contribution in [2.75, 3.05) is 4.90 Å². The van der Waals surface area contributed by atoms with Gasteiger partial charge in [-0.15, -0.1) is 0 Å². The molecule has 1 aliphatic heterocycles. The Morgan fingerprint density at radius 3 is 1.86 bits per heavy atom. The van der Waals surface area contributed by atoms with Crippen LogP contribution in [0.15, 0.2) is 48.5 Å². The number of urea groups is 1. The fourth-order valence-corrected chi connectivity index (χ4v) is 2.71. The maximum absolute atomic E-state index is 12.5.